The Kier molecular flexibility index (Phi) is 5.26. The summed E-state index contributed by atoms with van der Waals surface area (Å²) < 4.78 is 26.7. The summed E-state index contributed by atoms with van der Waals surface area (Å²) in [4.78, 5) is 16.2. The molecule has 21 heavy (non-hydrogen) atoms. The molecule has 1 aromatic heterocycles. The van der Waals surface area contributed by atoms with Gasteiger partial charge in [-0.05, 0) is 34.7 Å². The highest BCUT2D eigenvalue weighted by molar-refractivity contribution is 14.1. The van der Waals surface area contributed by atoms with Crippen LogP contribution in [0.15, 0.2) is 17.5 Å². The number of rotatable bonds is 4. The summed E-state index contributed by atoms with van der Waals surface area (Å²) in [5.41, 5.74) is 0.766. The minimum atomic E-state index is -0.693. The maximum absolute atomic E-state index is 13.4. The fraction of sp³-hybridized carbons (Fsp3) is 0.286. The van der Waals surface area contributed by atoms with Crippen LogP contribution < -0.4 is 5.32 Å². The number of anilines is 1. The van der Waals surface area contributed by atoms with Crippen LogP contribution in [-0.2, 0) is 11.2 Å². The lowest BCUT2D eigenvalue weighted by atomic mass is 10.2. The predicted molar refractivity (Wildman–Crippen MR) is 87.6 cm³/mol. The standard InChI is InChI=1S/C14H13F2IN2OS/c1-7(2)14-19-9(6-21-14)5-12(20)18-8-3-10(15)13(17)11(16)4-8/h3-4,6-7H,5H2,1-2H3,(H,18,20). The van der Waals surface area contributed by atoms with E-state index in [0.717, 1.165) is 17.1 Å². The van der Waals surface area contributed by atoms with Crippen molar-refractivity contribution in [3.63, 3.8) is 0 Å². The molecule has 3 nitrogen and oxygen atoms in total. The number of nitrogens with zero attached hydrogens (tertiary/aromatic N) is 1. The molecule has 0 saturated carbocycles. The van der Waals surface area contributed by atoms with E-state index in [4.69, 9.17) is 0 Å². The van der Waals surface area contributed by atoms with Gasteiger partial charge in [0.2, 0.25) is 5.91 Å². The zero-order valence-corrected chi connectivity index (χ0v) is 14.4. The number of carbonyl (C=O) groups excluding carboxylic acids is 1. The molecule has 1 heterocycles. The Balaban J connectivity index is 2.04. The number of amides is 1. The van der Waals surface area contributed by atoms with Crippen LogP contribution in [0.4, 0.5) is 14.5 Å². The van der Waals surface area contributed by atoms with E-state index in [1.54, 1.807) is 22.6 Å². The third-order valence-corrected chi connectivity index (χ3v) is 4.90. The molecule has 0 aliphatic heterocycles. The first kappa shape index (κ1) is 16.3. The average molecular weight is 422 g/mol. The normalized spacial score (nSPS) is 11.0. The highest BCUT2D eigenvalue weighted by Gasteiger charge is 2.12. The van der Waals surface area contributed by atoms with Crippen molar-refractivity contribution in [3.05, 3.63) is 43.4 Å². The van der Waals surface area contributed by atoms with Gasteiger partial charge in [-0.2, -0.15) is 0 Å². The molecule has 1 N–H and O–H groups in total. The summed E-state index contributed by atoms with van der Waals surface area (Å²) >= 11 is 3.08. The topological polar surface area (TPSA) is 42.0 Å². The van der Waals surface area contributed by atoms with Gasteiger partial charge in [0.05, 0.1) is 20.7 Å². The van der Waals surface area contributed by atoms with Crippen LogP contribution in [0, 0.1) is 15.2 Å². The minimum Gasteiger partial charge on any atom is -0.326 e. The van der Waals surface area contributed by atoms with E-state index in [1.165, 1.54) is 11.3 Å². The van der Waals surface area contributed by atoms with E-state index in [0.29, 0.717) is 11.6 Å². The Morgan fingerprint density at radius 2 is 2.00 bits per heavy atom. The van der Waals surface area contributed by atoms with E-state index in [2.05, 4.69) is 10.3 Å². The Morgan fingerprint density at radius 3 is 2.52 bits per heavy atom. The highest BCUT2D eigenvalue weighted by atomic mass is 127. The number of thiazole rings is 1. The molecule has 2 aromatic rings. The van der Waals surface area contributed by atoms with Crippen LogP contribution in [0.2, 0.25) is 0 Å². The van der Waals surface area contributed by atoms with Gasteiger partial charge >= 0.3 is 0 Å². The van der Waals surface area contributed by atoms with Gasteiger partial charge in [-0.25, -0.2) is 13.8 Å². The number of hydrogen-bond donors (Lipinski definition) is 1. The third-order valence-electron chi connectivity index (χ3n) is 2.67. The molecule has 1 amide bonds. The van der Waals surface area contributed by atoms with Crippen LogP contribution in [0.3, 0.4) is 0 Å². The van der Waals surface area contributed by atoms with E-state index in [1.807, 2.05) is 19.2 Å². The summed E-state index contributed by atoms with van der Waals surface area (Å²) in [7, 11) is 0. The van der Waals surface area contributed by atoms with Crippen molar-refractivity contribution in [3.8, 4) is 0 Å². The molecule has 0 fully saturated rings. The first-order valence-corrected chi connectivity index (χ1v) is 8.21. The number of halogens is 3. The van der Waals surface area contributed by atoms with Crippen molar-refractivity contribution >= 4 is 45.5 Å². The zero-order chi connectivity index (χ0) is 15.6. The molecule has 0 aliphatic carbocycles. The molecule has 112 valence electrons. The Morgan fingerprint density at radius 1 is 1.38 bits per heavy atom. The second-order valence-corrected chi connectivity index (χ2v) is 6.78. The highest BCUT2D eigenvalue weighted by Crippen LogP contribution is 2.22. The van der Waals surface area contributed by atoms with Crippen LogP contribution in [-0.4, -0.2) is 10.9 Å². The van der Waals surface area contributed by atoms with Crippen LogP contribution in [0.25, 0.3) is 0 Å². The van der Waals surface area contributed by atoms with Crippen molar-refractivity contribution in [2.24, 2.45) is 0 Å². The quantitative estimate of drug-likeness (QED) is 0.589. The predicted octanol–water partition coefficient (Wildman–Crippen LogP) is 4.33. The van der Waals surface area contributed by atoms with Gasteiger partial charge in [0.1, 0.15) is 11.6 Å². The van der Waals surface area contributed by atoms with Gasteiger partial charge in [-0.1, -0.05) is 13.8 Å². The zero-order valence-electron chi connectivity index (χ0n) is 11.4. The summed E-state index contributed by atoms with van der Waals surface area (Å²) in [5.74, 6) is -1.43. The molecule has 0 spiro atoms. The number of aromatic nitrogens is 1. The first-order chi connectivity index (χ1) is 9.86. The number of nitrogens with one attached hydrogen (secondary N) is 1. The van der Waals surface area contributed by atoms with Crippen LogP contribution in [0.1, 0.15) is 30.5 Å². The fourth-order valence-electron chi connectivity index (χ4n) is 1.67. The monoisotopic (exact) mass is 422 g/mol. The molecule has 0 unspecified atom stereocenters. The summed E-state index contributed by atoms with van der Waals surface area (Å²) in [5, 5.41) is 5.27. The third kappa shape index (κ3) is 4.19. The fourth-order valence-corrected chi connectivity index (χ4v) is 2.81. The van der Waals surface area contributed by atoms with Gasteiger partial charge in [-0.3, -0.25) is 4.79 Å². The van der Waals surface area contributed by atoms with Crippen molar-refractivity contribution in [2.45, 2.75) is 26.2 Å². The molecule has 7 heteroatoms. The number of hydrogen-bond acceptors (Lipinski definition) is 3. The smallest absolute Gasteiger partial charge is 0.230 e. The van der Waals surface area contributed by atoms with Crippen molar-refractivity contribution in [1.29, 1.82) is 0 Å². The first-order valence-electron chi connectivity index (χ1n) is 6.25. The molecule has 0 radical (unpaired) electrons. The largest absolute Gasteiger partial charge is 0.326 e. The lowest BCUT2D eigenvalue weighted by Crippen LogP contribution is -2.15. The Bertz CT molecular complexity index is 650. The Labute approximate surface area is 138 Å². The summed E-state index contributed by atoms with van der Waals surface area (Å²) in [6.07, 6.45) is 0.0818. The molecule has 0 atom stereocenters. The van der Waals surface area contributed by atoms with E-state index >= 15 is 0 Å². The van der Waals surface area contributed by atoms with Gasteiger partial charge in [0.25, 0.3) is 0 Å². The van der Waals surface area contributed by atoms with E-state index in [9.17, 15) is 13.6 Å². The SMILES string of the molecule is CC(C)c1nc(CC(=O)Nc2cc(F)c(I)c(F)c2)cs1. The summed E-state index contributed by atoms with van der Waals surface area (Å²) in [6.45, 7) is 4.06. The maximum Gasteiger partial charge on any atom is 0.230 e. The minimum absolute atomic E-state index is 0.0818. The van der Waals surface area contributed by atoms with Gasteiger partial charge in [0, 0.05) is 17.0 Å². The lowest BCUT2D eigenvalue weighted by molar-refractivity contribution is -0.115. The molecular formula is C14H13F2IN2OS. The molecular weight excluding hydrogens is 409 g/mol. The van der Waals surface area contributed by atoms with E-state index in [-0.39, 0.29) is 21.6 Å². The van der Waals surface area contributed by atoms with Gasteiger partial charge in [-0.15, -0.1) is 11.3 Å². The molecule has 2 rings (SSSR count). The van der Waals surface area contributed by atoms with Crippen molar-refractivity contribution in [1.82, 2.24) is 4.98 Å². The van der Waals surface area contributed by atoms with Crippen LogP contribution in [0.5, 0.6) is 0 Å². The van der Waals surface area contributed by atoms with Crippen molar-refractivity contribution < 1.29 is 13.6 Å². The van der Waals surface area contributed by atoms with Crippen LogP contribution >= 0.6 is 33.9 Å². The second-order valence-electron chi connectivity index (χ2n) is 4.81. The second kappa shape index (κ2) is 6.78. The lowest BCUT2D eigenvalue weighted by Gasteiger charge is -2.06. The molecule has 0 bridgehead atoms. The Hall–Kier alpha value is -1.09. The number of carbonyl (C=O) groups is 1. The average Bonchev–Trinajstić information content (AvgIpc) is 2.84. The maximum atomic E-state index is 13.4. The van der Waals surface area contributed by atoms with Crippen molar-refractivity contribution in [2.75, 3.05) is 5.32 Å². The van der Waals surface area contributed by atoms with Gasteiger partial charge in [0.15, 0.2) is 0 Å². The number of benzene rings is 1. The van der Waals surface area contributed by atoms with Gasteiger partial charge < -0.3 is 5.32 Å². The molecule has 1 aromatic carbocycles. The molecule has 0 aliphatic rings. The summed E-state index contributed by atoms with van der Waals surface area (Å²) in [6, 6.07) is 2.20. The van der Waals surface area contributed by atoms with E-state index < -0.39 is 11.6 Å². The molecule has 0 saturated heterocycles.